The summed E-state index contributed by atoms with van der Waals surface area (Å²) in [5, 5.41) is 8.26. The van der Waals surface area contributed by atoms with Crippen molar-refractivity contribution in [2.24, 2.45) is 11.8 Å². The van der Waals surface area contributed by atoms with Crippen molar-refractivity contribution in [3.63, 3.8) is 0 Å². The Hall–Kier alpha value is -5.12. The van der Waals surface area contributed by atoms with E-state index in [0.29, 0.717) is 22.5 Å². The highest BCUT2D eigenvalue weighted by Crippen LogP contribution is 2.49. The Morgan fingerprint density at radius 3 is 2.38 bits per heavy atom. The van der Waals surface area contributed by atoms with E-state index in [0.717, 1.165) is 16.2 Å². The number of ether oxygens (including phenoxy) is 1. The lowest BCUT2D eigenvalue weighted by Crippen LogP contribution is -2.50. The first-order chi connectivity index (χ1) is 18.9. The summed E-state index contributed by atoms with van der Waals surface area (Å²) in [6.45, 7) is 1.29. The maximum atomic E-state index is 14.2. The first kappa shape index (κ1) is 23.0. The number of hydrogen-bond donors (Lipinski definition) is 0. The van der Waals surface area contributed by atoms with Gasteiger partial charge in [0.2, 0.25) is 11.8 Å². The molecule has 4 aromatic rings. The highest BCUT2D eigenvalue weighted by Gasteiger charge is 2.64. The number of aromatic nitrogens is 3. The van der Waals surface area contributed by atoms with Gasteiger partial charge in [-0.15, -0.1) is 5.10 Å². The lowest BCUT2D eigenvalue weighted by atomic mass is 9.88. The van der Waals surface area contributed by atoms with Crippen LogP contribution in [0.4, 0.5) is 11.4 Å². The third kappa shape index (κ3) is 3.34. The van der Waals surface area contributed by atoms with Gasteiger partial charge < -0.3 is 9.64 Å². The van der Waals surface area contributed by atoms with Gasteiger partial charge in [-0.25, -0.2) is 4.90 Å². The summed E-state index contributed by atoms with van der Waals surface area (Å²) in [6, 6.07) is 19.4. The number of imide groups is 1. The Morgan fingerprint density at radius 1 is 0.872 bits per heavy atom. The number of carbonyl (C=O) groups is 4. The van der Waals surface area contributed by atoms with Gasteiger partial charge in [0.05, 0.1) is 29.1 Å². The second kappa shape index (κ2) is 8.45. The minimum Gasteiger partial charge on any atom is -0.427 e. The molecule has 0 spiro atoms. The zero-order valence-electron chi connectivity index (χ0n) is 20.7. The molecule has 4 atom stereocenters. The van der Waals surface area contributed by atoms with Gasteiger partial charge >= 0.3 is 5.97 Å². The molecule has 0 N–H and O–H groups in total. The fourth-order valence-electron chi connectivity index (χ4n) is 6.04. The maximum Gasteiger partial charge on any atom is 0.308 e. The molecule has 2 amide bonds. The number of para-hydroxylation sites is 2. The van der Waals surface area contributed by atoms with Crippen molar-refractivity contribution in [2.45, 2.75) is 19.0 Å². The number of hydrogen-bond acceptors (Lipinski definition) is 8. The Bertz CT molecular complexity index is 1730. The van der Waals surface area contributed by atoms with Crippen molar-refractivity contribution in [3.8, 4) is 5.75 Å². The summed E-state index contributed by atoms with van der Waals surface area (Å²) in [7, 11) is 0. The molecule has 4 heterocycles. The third-order valence-electron chi connectivity index (χ3n) is 7.58. The molecule has 0 aliphatic carbocycles. The highest BCUT2D eigenvalue weighted by atomic mass is 16.5. The number of amides is 2. The second-order valence-electron chi connectivity index (χ2n) is 9.74. The van der Waals surface area contributed by atoms with Crippen LogP contribution in [0, 0.1) is 11.8 Å². The predicted molar refractivity (Wildman–Crippen MR) is 141 cm³/mol. The van der Waals surface area contributed by atoms with Gasteiger partial charge in [-0.3, -0.25) is 19.2 Å². The second-order valence-corrected chi connectivity index (χ2v) is 9.74. The van der Waals surface area contributed by atoms with Crippen molar-refractivity contribution in [1.29, 1.82) is 0 Å². The summed E-state index contributed by atoms with van der Waals surface area (Å²) in [5.74, 6) is -3.18. The summed E-state index contributed by atoms with van der Waals surface area (Å²) < 4.78 is 6.32. The topological polar surface area (TPSA) is 115 Å². The molecule has 1 aromatic heterocycles. The number of benzene rings is 3. The molecular formula is C29H21N5O5. The number of carbonyl (C=O) groups excluding carboxylic acids is 4. The first-order valence-corrected chi connectivity index (χ1v) is 12.5. The fourth-order valence-corrected chi connectivity index (χ4v) is 6.04. The molecule has 3 aliphatic rings. The summed E-state index contributed by atoms with van der Waals surface area (Å²) >= 11 is 0. The number of nitrogens with zero attached hydrogens (tertiary/aromatic N) is 5. The predicted octanol–water partition coefficient (Wildman–Crippen LogP) is 3.09. The molecule has 2 fully saturated rings. The van der Waals surface area contributed by atoms with E-state index in [1.54, 1.807) is 30.3 Å². The zero-order chi connectivity index (χ0) is 26.8. The Labute approximate surface area is 222 Å². The van der Waals surface area contributed by atoms with Crippen molar-refractivity contribution >= 4 is 52.2 Å². The van der Waals surface area contributed by atoms with Crippen LogP contribution in [-0.4, -0.2) is 50.8 Å². The molecule has 0 unspecified atom stereocenters. The fraction of sp³-hybridized carbons (Fsp3) is 0.172. The summed E-state index contributed by atoms with van der Waals surface area (Å²) in [5.41, 5.74) is 3.10. The Morgan fingerprint density at radius 2 is 1.59 bits per heavy atom. The van der Waals surface area contributed by atoms with Crippen LogP contribution >= 0.6 is 0 Å². The van der Waals surface area contributed by atoms with Gasteiger partial charge in [0.25, 0.3) is 5.91 Å². The molecule has 0 bridgehead atoms. The van der Waals surface area contributed by atoms with Crippen molar-refractivity contribution in [1.82, 2.24) is 15.0 Å². The molecular weight excluding hydrogens is 498 g/mol. The zero-order valence-corrected chi connectivity index (χ0v) is 20.7. The van der Waals surface area contributed by atoms with E-state index in [2.05, 4.69) is 10.3 Å². The summed E-state index contributed by atoms with van der Waals surface area (Å²) in [4.78, 5) is 56.5. The lowest BCUT2D eigenvalue weighted by Gasteiger charge is -2.36. The largest absolute Gasteiger partial charge is 0.427 e. The van der Waals surface area contributed by atoms with E-state index >= 15 is 0 Å². The number of rotatable bonds is 3. The molecule has 3 aliphatic heterocycles. The van der Waals surface area contributed by atoms with Crippen LogP contribution in [0.5, 0.6) is 5.75 Å². The molecule has 0 saturated carbocycles. The highest BCUT2D eigenvalue weighted by molar-refractivity contribution is 6.25. The number of fused-ring (bicyclic) bond motifs is 6. The monoisotopic (exact) mass is 519 g/mol. The molecule has 3 aromatic carbocycles. The molecule has 10 heteroatoms. The van der Waals surface area contributed by atoms with Crippen LogP contribution in [0.25, 0.3) is 17.1 Å². The SMILES string of the molecule is CC(=O)Oc1ccc(N2C(=O)[C@@H]3[C@H](C2=O)[C@H](C(=O)n2nnc4ccccc42)N2c4ccccc4C=C[C@@H]32)cc1. The number of anilines is 2. The van der Waals surface area contributed by atoms with Crippen LogP contribution in [0.2, 0.25) is 0 Å². The van der Waals surface area contributed by atoms with Crippen LogP contribution < -0.4 is 14.5 Å². The van der Waals surface area contributed by atoms with Crippen LogP contribution in [-0.2, 0) is 14.4 Å². The first-order valence-electron chi connectivity index (χ1n) is 12.5. The van der Waals surface area contributed by atoms with Crippen molar-refractivity contribution in [2.75, 3.05) is 9.80 Å². The van der Waals surface area contributed by atoms with Gasteiger partial charge in [0, 0.05) is 12.6 Å². The molecule has 7 rings (SSSR count). The molecule has 192 valence electrons. The van der Waals surface area contributed by atoms with Crippen molar-refractivity contribution < 1.29 is 23.9 Å². The van der Waals surface area contributed by atoms with Gasteiger partial charge in [0.1, 0.15) is 17.3 Å². The van der Waals surface area contributed by atoms with Crippen LogP contribution in [0.1, 0.15) is 17.3 Å². The number of esters is 1. The standard InChI is InChI=1S/C29H21N5O5/c1-16(35)39-19-13-11-18(12-14-19)32-27(36)24-23-15-10-17-6-2-4-8-21(17)33(23)26(25(24)28(32)37)29(38)34-22-9-5-3-7-20(22)30-31-34/h2-15,23-26H,1H3/t23-,24-,25-,26+/m0/s1. The average Bonchev–Trinajstić information content (AvgIpc) is 3.60. The van der Waals surface area contributed by atoms with Gasteiger partial charge in [0.15, 0.2) is 0 Å². The van der Waals surface area contributed by atoms with Crippen molar-refractivity contribution in [3.05, 3.63) is 84.4 Å². The smallest absolute Gasteiger partial charge is 0.308 e. The average molecular weight is 520 g/mol. The van der Waals surface area contributed by atoms with Crippen LogP contribution in [0.15, 0.2) is 78.9 Å². The van der Waals surface area contributed by atoms with Gasteiger partial charge in [-0.2, -0.15) is 4.68 Å². The lowest BCUT2D eigenvalue weighted by molar-refractivity contribution is -0.132. The quantitative estimate of drug-likeness (QED) is 0.230. The van der Waals surface area contributed by atoms with E-state index in [4.69, 9.17) is 4.74 Å². The minimum atomic E-state index is -0.988. The molecule has 39 heavy (non-hydrogen) atoms. The minimum absolute atomic E-state index is 0.301. The van der Waals surface area contributed by atoms with Gasteiger partial charge in [-0.05, 0) is 48.0 Å². The van der Waals surface area contributed by atoms with E-state index in [9.17, 15) is 19.2 Å². The summed E-state index contributed by atoms with van der Waals surface area (Å²) in [6.07, 6.45) is 3.82. The van der Waals surface area contributed by atoms with Gasteiger partial charge in [-0.1, -0.05) is 47.7 Å². The normalized spacial score (nSPS) is 23.1. The Balaban J connectivity index is 1.34. The maximum absolute atomic E-state index is 14.2. The van der Waals surface area contributed by atoms with E-state index in [1.807, 2.05) is 47.4 Å². The van der Waals surface area contributed by atoms with E-state index in [-0.39, 0.29) is 5.91 Å². The molecule has 0 radical (unpaired) electrons. The molecule has 10 nitrogen and oxygen atoms in total. The van der Waals surface area contributed by atoms with E-state index < -0.39 is 41.7 Å². The molecule has 2 saturated heterocycles. The van der Waals surface area contributed by atoms with Crippen LogP contribution in [0.3, 0.4) is 0 Å². The third-order valence-corrected chi connectivity index (χ3v) is 7.58. The van der Waals surface area contributed by atoms with E-state index in [1.165, 1.54) is 23.7 Å². The Kier molecular flexibility index (Phi) is 4.99.